The molecular formula is C22H34N2O2. The first-order valence-electron chi connectivity index (χ1n) is 10.3. The van der Waals surface area contributed by atoms with Crippen molar-refractivity contribution in [1.29, 1.82) is 0 Å². The van der Waals surface area contributed by atoms with E-state index in [0.717, 1.165) is 36.9 Å². The van der Waals surface area contributed by atoms with Crippen molar-refractivity contribution in [3.05, 3.63) is 29.8 Å². The molecular weight excluding hydrogens is 324 g/mol. The zero-order valence-electron chi connectivity index (χ0n) is 16.6. The molecule has 3 atom stereocenters. The molecule has 2 aliphatic heterocycles. The number of rotatable bonds is 8. The van der Waals surface area contributed by atoms with Gasteiger partial charge in [-0.05, 0) is 83.7 Å². The molecule has 4 heteroatoms. The summed E-state index contributed by atoms with van der Waals surface area (Å²) >= 11 is 0. The van der Waals surface area contributed by atoms with Crippen LogP contribution in [0.2, 0.25) is 0 Å². The van der Waals surface area contributed by atoms with Gasteiger partial charge in [0.05, 0.1) is 13.2 Å². The van der Waals surface area contributed by atoms with Crippen LogP contribution in [-0.2, 0) is 0 Å². The minimum Gasteiger partial charge on any atom is -0.494 e. The van der Waals surface area contributed by atoms with Gasteiger partial charge in [0, 0.05) is 30.2 Å². The lowest BCUT2D eigenvalue weighted by Crippen LogP contribution is -2.37. The molecule has 0 saturated carbocycles. The van der Waals surface area contributed by atoms with Gasteiger partial charge in [-0.25, -0.2) is 0 Å². The molecule has 1 aromatic carbocycles. The number of ether oxygens (including phenoxy) is 1. The average Bonchev–Trinajstić information content (AvgIpc) is 3.19. The highest BCUT2D eigenvalue weighted by Gasteiger charge is 2.28. The highest BCUT2D eigenvalue weighted by molar-refractivity contribution is 5.97. The van der Waals surface area contributed by atoms with Crippen LogP contribution in [0.1, 0.15) is 63.2 Å². The van der Waals surface area contributed by atoms with Gasteiger partial charge in [0.2, 0.25) is 0 Å². The van der Waals surface area contributed by atoms with E-state index >= 15 is 0 Å². The predicted octanol–water partition coefficient (Wildman–Crippen LogP) is 4.00. The van der Waals surface area contributed by atoms with Gasteiger partial charge in [0.1, 0.15) is 5.75 Å². The third-order valence-corrected chi connectivity index (χ3v) is 6.19. The maximum absolute atomic E-state index is 12.6. The molecule has 1 aromatic rings. The van der Waals surface area contributed by atoms with Crippen LogP contribution in [0.5, 0.6) is 5.75 Å². The van der Waals surface area contributed by atoms with Gasteiger partial charge >= 0.3 is 0 Å². The number of nitrogens with zero attached hydrogens (tertiary/aromatic N) is 2. The molecule has 26 heavy (non-hydrogen) atoms. The van der Waals surface area contributed by atoms with Gasteiger partial charge in [-0.3, -0.25) is 9.69 Å². The van der Waals surface area contributed by atoms with E-state index in [1.165, 1.54) is 32.2 Å². The molecule has 0 N–H and O–H groups in total. The van der Waals surface area contributed by atoms with Crippen molar-refractivity contribution >= 4 is 5.78 Å². The van der Waals surface area contributed by atoms with Crippen molar-refractivity contribution in [2.45, 2.75) is 71.0 Å². The van der Waals surface area contributed by atoms with E-state index in [4.69, 9.17) is 4.74 Å². The van der Waals surface area contributed by atoms with E-state index in [9.17, 15) is 4.79 Å². The smallest absolute Gasteiger partial charge is 0.176 e. The topological polar surface area (TPSA) is 32.8 Å². The van der Waals surface area contributed by atoms with Gasteiger partial charge in [-0.1, -0.05) is 0 Å². The predicted molar refractivity (Wildman–Crippen MR) is 106 cm³/mol. The van der Waals surface area contributed by atoms with Crippen LogP contribution in [0.15, 0.2) is 24.3 Å². The Kier molecular flexibility index (Phi) is 6.71. The molecule has 4 nitrogen and oxygen atoms in total. The van der Waals surface area contributed by atoms with Crippen molar-refractivity contribution in [2.24, 2.45) is 0 Å². The van der Waals surface area contributed by atoms with E-state index in [1.807, 2.05) is 24.3 Å². The Hall–Kier alpha value is -1.39. The minimum absolute atomic E-state index is 0.208. The van der Waals surface area contributed by atoms with Gasteiger partial charge in [-0.2, -0.15) is 0 Å². The van der Waals surface area contributed by atoms with Crippen molar-refractivity contribution in [3.63, 3.8) is 0 Å². The molecule has 0 aliphatic carbocycles. The molecule has 2 aliphatic rings. The largest absolute Gasteiger partial charge is 0.494 e. The highest BCUT2D eigenvalue weighted by atomic mass is 16.5. The number of Topliss-reactive ketones (excluding diaryl/α,β-unsaturated/α-hetero) is 1. The fourth-order valence-electron chi connectivity index (χ4n) is 4.34. The van der Waals surface area contributed by atoms with Crippen molar-refractivity contribution in [3.8, 4) is 5.75 Å². The summed E-state index contributed by atoms with van der Waals surface area (Å²) in [7, 11) is 0. The SMILES string of the molecule is CC1CCCN1CCCOc1ccc(C(=O)CN2C(C)CCC2C)cc1. The summed E-state index contributed by atoms with van der Waals surface area (Å²) in [6.45, 7) is 10.4. The standard InChI is InChI=1S/C22H34N2O2/c1-17-6-4-13-23(17)14-5-15-26-21-11-9-20(10-12-21)22(25)16-24-18(2)7-8-19(24)3/h9-12,17-19H,4-8,13-16H2,1-3H3. The Balaban J connectivity index is 1.42. The van der Waals surface area contributed by atoms with E-state index in [-0.39, 0.29) is 5.78 Å². The molecule has 3 unspecified atom stereocenters. The molecule has 144 valence electrons. The molecule has 0 radical (unpaired) electrons. The Bertz CT molecular complexity index is 576. The Morgan fingerprint density at radius 2 is 1.73 bits per heavy atom. The average molecular weight is 359 g/mol. The third-order valence-electron chi connectivity index (χ3n) is 6.19. The second-order valence-electron chi connectivity index (χ2n) is 8.12. The van der Waals surface area contributed by atoms with E-state index in [2.05, 4.69) is 30.6 Å². The first-order valence-corrected chi connectivity index (χ1v) is 10.3. The Morgan fingerprint density at radius 1 is 1.04 bits per heavy atom. The number of hydrogen-bond acceptors (Lipinski definition) is 4. The van der Waals surface area contributed by atoms with Gasteiger partial charge in [0.15, 0.2) is 5.78 Å². The highest BCUT2D eigenvalue weighted by Crippen LogP contribution is 2.24. The Labute approximate surface area is 158 Å². The zero-order chi connectivity index (χ0) is 18.5. The second-order valence-corrected chi connectivity index (χ2v) is 8.12. The first kappa shape index (κ1) is 19.4. The maximum atomic E-state index is 12.6. The fourth-order valence-corrected chi connectivity index (χ4v) is 4.34. The van der Waals surface area contributed by atoms with Crippen LogP contribution in [0.3, 0.4) is 0 Å². The van der Waals surface area contributed by atoms with Crippen molar-refractivity contribution in [1.82, 2.24) is 9.80 Å². The van der Waals surface area contributed by atoms with Gasteiger partial charge in [0.25, 0.3) is 0 Å². The lowest BCUT2D eigenvalue weighted by atomic mass is 10.1. The summed E-state index contributed by atoms with van der Waals surface area (Å²) in [4.78, 5) is 17.4. The number of carbonyl (C=O) groups excluding carboxylic acids is 1. The summed E-state index contributed by atoms with van der Waals surface area (Å²) < 4.78 is 5.85. The zero-order valence-corrected chi connectivity index (χ0v) is 16.6. The second kappa shape index (κ2) is 9.01. The summed E-state index contributed by atoms with van der Waals surface area (Å²) in [5.74, 6) is 1.07. The van der Waals surface area contributed by atoms with Crippen LogP contribution in [0.4, 0.5) is 0 Å². The molecule has 0 bridgehead atoms. The lowest BCUT2D eigenvalue weighted by molar-refractivity contribution is 0.0898. The van der Waals surface area contributed by atoms with Crippen LogP contribution < -0.4 is 4.74 Å². The van der Waals surface area contributed by atoms with E-state index in [1.54, 1.807) is 0 Å². The van der Waals surface area contributed by atoms with Crippen molar-refractivity contribution < 1.29 is 9.53 Å². The number of carbonyl (C=O) groups is 1. The van der Waals surface area contributed by atoms with Crippen LogP contribution in [0, 0.1) is 0 Å². The monoisotopic (exact) mass is 358 g/mol. The van der Waals surface area contributed by atoms with Crippen LogP contribution in [0.25, 0.3) is 0 Å². The van der Waals surface area contributed by atoms with Crippen LogP contribution in [-0.4, -0.2) is 59.9 Å². The maximum Gasteiger partial charge on any atom is 0.176 e. The summed E-state index contributed by atoms with van der Waals surface area (Å²) in [5.41, 5.74) is 0.787. The van der Waals surface area contributed by atoms with Gasteiger partial charge < -0.3 is 9.64 Å². The molecule has 0 aromatic heterocycles. The normalized spacial score (nSPS) is 27.1. The quantitative estimate of drug-likeness (QED) is 0.519. The summed E-state index contributed by atoms with van der Waals surface area (Å²) in [6.07, 6.45) is 6.09. The number of hydrogen-bond donors (Lipinski definition) is 0. The molecule has 3 rings (SSSR count). The summed E-state index contributed by atoms with van der Waals surface area (Å²) in [6, 6.07) is 9.42. The number of ketones is 1. The van der Waals surface area contributed by atoms with Gasteiger partial charge in [-0.15, -0.1) is 0 Å². The third kappa shape index (κ3) is 4.86. The van der Waals surface area contributed by atoms with E-state index in [0.29, 0.717) is 18.6 Å². The number of benzene rings is 1. The minimum atomic E-state index is 0.208. The lowest BCUT2D eigenvalue weighted by Gasteiger charge is -2.25. The fraction of sp³-hybridized carbons (Fsp3) is 0.682. The molecule has 2 saturated heterocycles. The first-order chi connectivity index (χ1) is 12.5. The summed E-state index contributed by atoms with van der Waals surface area (Å²) in [5, 5.41) is 0. The molecule has 0 amide bonds. The van der Waals surface area contributed by atoms with Crippen LogP contribution >= 0.6 is 0 Å². The Morgan fingerprint density at radius 3 is 2.35 bits per heavy atom. The molecule has 2 heterocycles. The van der Waals surface area contributed by atoms with E-state index < -0.39 is 0 Å². The number of likely N-dealkylation sites (tertiary alicyclic amines) is 2. The van der Waals surface area contributed by atoms with Crippen molar-refractivity contribution in [2.75, 3.05) is 26.2 Å². The molecule has 0 spiro atoms. The molecule has 2 fully saturated rings.